The number of rotatable bonds is 3. The van der Waals surface area contributed by atoms with E-state index in [-0.39, 0.29) is 5.75 Å². The van der Waals surface area contributed by atoms with E-state index >= 15 is 0 Å². The SMILES string of the molecule is CCn1ccnc1Cc1cc(O)cc(F)c1. The van der Waals surface area contributed by atoms with Crippen LogP contribution in [0.3, 0.4) is 0 Å². The van der Waals surface area contributed by atoms with Gasteiger partial charge in [-0.1, -0.05) is 0 Å². The number of aryl methyl sites for hydroxylation is 1. The van der Waals surface area contributed by atoms with Crippen LogP contribution in [0.15, 0.2) is 30.6 Å². The van der Waals surface area contributed by atoms with Gasteiger partial charge in [-0.15, -0.1) is 0 Å². The summed E-state index contributed by atoms with van der Waals surface area (Å²) in [6, 6.07) is 4.06. The van der Waals surface area contributed by atoms with Crippen molar-refractivity contribution in [2.75, 3.05) is 0 Å². The molecule has 16 heavy (non-hydrogen) atoms. The van der Waals surface area contributed by atoms with Crippen molar-refractivity contribution in [3.63, 3.8) is 0 Å². The number of aromatic hydroxyl groups is 1. The molecule has 0 atom stereocenters. The summed E-state index contributed by atoms with van der Waals surface area (Å²) >= 11 is 0. The number of halogens is 1. The van der Waals surface area contributed by atoms with Gasteiger partial charge in [-0.2, -0.15) is 0 Å². The van der Waals surface area contributed by atoms with Gasteiger partial charge in [0.05, 0.1) is 0 Å². The molecule has 1 N–H and O–H groups in total. The van der Waals surface area contributed by atoms with Gasteiger partial charge in [-0.25, -0.2) is 9.37 Å². The summed E-state index contributed by atoms with van der Waals surface area (Å²) in [5.74, 6) is 0.390. The summed E-state index contributed by atoms with van der Waals surface area (Å²) in [5.41, 5.74) is 0.721. The molecular weight excluding hydrogens is 207 g/mol. The van der Waals surface area contributed by atoms with E-state index in [0.29, 0.717) is 6.42 Å². The lowest BCUT2D eigenvalue weighted by Crippen LogP contribution is -2.01. The van der Waals surface area contributed by atoms with E-state index in [1.54, 1.807) is 12.3 Å². The molecule has 2 aromatic rings. The number of aromatic nitrogens is 2. The number of phenolic OH excluding ortho intramolecular Hbond substituents is 1. The van der Waals surface area contributed by atoms with E-state index in [1.165, 1.54) is 6.07 Å². The van der Waals surface area contributed by atoms with Gasteiger partial charge in [-0.05, 0) is 24.6 Å². The van der Waals surface area contributed by atoms with Gasteiger partial charge in [0.15, 0.2) is 0 Å². The molecule has 3 nitrogen and oxygen atoms in total. The van der Waals surface area contributed by atoms with Crippen LogP contribution in [0.5, 0.6) is 5.75 Å². The Bertz CT molecular complexity index is 473. The number of benzene rings is 1. The quantitative estimate of drug-likeness (QED) is 0.862. The van der Waals surface area contributed by atoms with Crippen molar-refractivity contribution in [2.24, 2.45) is 0 Å². The van der Waals surface area contributed by atoms with Crippen molar-refractivity contribution in [2.45, 2.75) is 19.9 Å². The Balaban J connectivity index is 2.26. The second kappa shape index (κ2) is 4.35. The fraction of sp³-hybridized carbons (Fsp3) is 0.250. The second-order valence-corrected chi connectivity index (χ2v) is 3.62. The summed E-state index contributed by atoms with van der Waals surface area (Å²) in [7, 11) is 0. The third kappa shape index (κ3) is 2.21. The normalized spacial score (nSPS) is 10.6. The first kappa shape index (κ1) is 10.7. The van der Waals surface area contributed by atoms with Crippen LogP contribution in [0, 0.1) is 5.82 Å². The Labute approximate surface area is 93.2 Å². The minimum absolute atomic E-state index is 0.0513. The summed E-state index contributed by atoms with van der Waals surface area (Å²) < 4.78 is 15.0. The lowest BCUT2D eigenvalue weighted by molar-refractivity contribution is 0.468. The molecule has 0 aliphatic carbocycles. The molecule has 4 heteroatoms. The van der Waals surface area contributed by atoms with Crippen LogP contribution in [0.4, 0.5) is 4.39 Å². The van der Waals surface area contributed by atoms with Crippen LogP contribution < -0.4 is 0 Å². The van der Waals surface area contributed by atoms with Gasteiger partial charge in [0.25, 0.3) is 0 Å². The van der Waals surface area contributed by atoms with E-state index in [4.69, 9.17) is 0 Å². The molecule has 0 aliphatic heterocycles. The number of nitrogens with zero attached hydrogens (tertiary/aromatic N) is 2. The van der Waals surface area contributed by atoms with Crippen LogP contribution in [-0.2, 0) is 13.0 Å². The zero-order valence-electron chi connectivity index (χ0n) is 9.02. The smallest absolute Gasteiger partial charge is 0.127 e. The summed E-state index contributed by atoms with van der Waals surface area (Å²) in [5, 5.41) is 9.28. The van der Waals surface area contributed by atoms with Crippen molar-refractivity contribution < 1.29 is 9.50 Å². The molecule has 2 rings (SSSR count). The topological polar surface area (TPSA) is 38.0 Å². The molecule has 1 aromatic carbocycles. The lowest BCUT2D eigenvalue weighted by Gasteiger charge is -2.05. The molecular formula is C12H13FN2O. The van der Waals surface area contributed by atoms with Crippen molar-refractivity contribution in [1.82, 2.24) is 9.55 Å². The highest BCUT2D eigenvalue weighted by molar-refractivity contribution is 5.30. The molecule has 0 aliphatic rings. The molecule has 84 valence electrons. The van der Waals surface area contributed by atoms with Crippen LogP contribution in [-0.4, -0.2) is 14.7 Å². The van der Waals surface area contributed by atoms with E-state index in [0.717, 1.165) is 24.0 Å². The third-order valence-corrected chi connectivity index (χ3v) is 2.45. The standard InChI is InChI=1S/C12H13FN2O/c1-2-15-4-3-14-12(15)7-9-5-10(13)8-11(16)6-9/h3-6,8,16H,2,7H2,1H3. The number of hydrogen-bond donors (Lipinski definition) is 1. The monoisotopic (exact) mass is 220 g/mol. The van der Waals surface area contributed by atoms with Crippen LogP contribution >= 0.6 is 0 Å². The predicted octanol–water partition coefficient (Wildman–Crippen LogP) is 2.34. The summed E-state index contributed by atoms with van der Waals surface area (Å²) in [6.45, 7) is 2.85. The van der Waals surface area contributed by atoms with E-state index in [9.17, 15) is 9.50 Å². The Morgan fingerprint density at radius 2 is 2.19 bits per heavy atom. The van der Waals surface area contributed by atoms with Crippen molar-refractivity contribution >= 4 is 0 Å². The van der Waals surface area contributed by atoms with Gasteiger partial charge in [0.1, 0.15) is 17.4 Å². The zero-order chi connectivity index (χ0) is 11.5. The molecule has 0 spiro atoms. The van der Waals surface area contributed by atoms with Gasteiger partial charge in [0.2, 0.25) is 0 Å². The minimum atomic E-state index is -0.426. The van der Waals surface area contributed by atoms with E-state index < -0.39 is 5.82 Å². The van der Waals surface area contributed by atoms with E-state index in [2.05, 4.69) is 4.98 Å². The van der Waals surface area contributed by atoms with Crippen LogP contribution in [0.25, 0.3) is 0 Å². The van der Waals surface area contributed by atoms with Crippen molar-refractivity contribution in [3.05, 3.63) is 47.8 Å². The first-order valence-electron chi connectivity index (χ1n) is 5.17. The first-order chi connectivity index (χ1) is 7.69. The molecule has 0 amide bonds. The van der Waals surface area contributed by atoms with Gasteiger partial charge in [0, 0.05) is 31.4 Å². The van der Waals surface area contributed by atoms with Gasteiger partial charge in [-0.3, -0.25) is 0 Å². The van der Waals surface area contributed by atoms with Gasteiger partial charge < -0.3 is 9.67 Å². The maximum Gasteiger partial charge on any atom is 0.127 e. The van der Waals surface area contributed by atoms with Crippen LogP contribution in [0.1, 0.15) is 18.3 Å². The van der Waals surface area contributed by atoms with Gasteiger partial charge >= 0.3 is 0 Å². The summed E-state index contributed by atoms with van der Waals surface area (Å²) in [6.07, 6.45) is 4.12. The highest BCUT2D eigenvalue weighted by Crippen LogP contribution is 2.17. The number of hydrogen-bond acceptors (Lipinski definition) is 2. The zero-order valence-corrected chi connectivity index (χ0v) is 9.02. The highest BCUT2D eigenvalue weighted by Gasteiger charge is 2.05. The second-order valence-electron chi connectivity index (χ2n) is 3.62. The average molecular weight is 220 g/mol. The largest absolute Gasteiger partial charge is 0.508 e. The Morgan fingerprint density at radius 3 is 2.88 bits per heavy atom. The fourth-order valence-electron chi connectivity index (χ4n) is 1.71. The molecule has 1 aromatic heterocycles. The fourth-order valence-corrected chi connectivity index (χ4v) is 1.71. The maximum absolute atomic E-state index is 13.1. The Kier molecular flexibility index (Phi) is 2.90. The van der Waals surface area contributed by atoms with Crippen LogP contribution in [0.2, 0.25) is 0 Å². The molecule has 0 saturated heterocycles. The molecule has 1 heterocycles. The number of phenols is 1. The Hall–Kier alpha value is -1.84. The number of imidazole rings is 1. The molecule has 0 bridgehead atoms. The molecule has 0 saturated carbocycles. The lowest BCUT2D eigenvalue weighted by atomic mass is 10.1. The molecule has 0 unspecified atom stereocenters. The molecule has 0 fully saturated rings. The first-order valence-corrected chi connectivity index (χ1v) is 5.17. The average Bonchev–Trinajstić information content (AvgIpc) is 2.63. The van der Waals surface area contributed by atoms with Crippen molar-refractivity contribution in [3.8, 4) is 5.75 Å². The third-order valence-electron chi connectivity index (χ3n) is 2.45. The maximum atomic E-state index is 13.1. The minimum Gasteiger partial charge on any atom is -0.508 e. The van der Waals surface area contributed by atoms with Crippen molar-refractivity contribution in [1.29, 1.82) is 0 Å². The molecule has 0 radical (unpaired) electrons. The predicted molar refractivity (Wildman–Crippen MR) is 58.8 cm³/mol. The highest BCUT2D eigenvalue weighted by atomic mass is 19.1. The Morgan fingerprint density at radius 1 is 1.38 bits per heavy atom. The van der Waals surface area contributed by atoms with E-state index in [1.807, 2.05) is 17.7 Å². The summed E-state index contributed by atoms with van der Waals surface area (Å²) in [4.78, 5) is 4.20.